The van der Waals surface area contributed by atoms with Gasteiger partial charge in [-0.05, 0) is 11.6 Å². The van der Waals surface area contributed by atoms with Gasteiger partial charge in [-0.25, -0.2) is 0 Å². The van der Waals surface area contributed by atoms with E-state index in [9.17, 15) is 22.8 Å². The number of amides is 2. The van der Waals surface area contributed by atoms with E-state index < -0.39 is 30.5 Å². The second-order valence-corrected chi connectivity index (χ2v) is 6.19. The van der Waals surface area contributed by atoms with Crippen LogP contribution in [0.3, 0.4) is 0 Å². The van der Waals surface area contributed by atoms with Gasteiger partial charge in [0.15, 0.2) is 0 Å². The average Bonchev–Trinajstić information content (AvgIpc) is 2.95. The van der Waals surface area contributed by atoms with Crippen molar-refractivity contribution in [2.24, 2.45) is 5.92 Å². The van der Waals surface area contributed by atoms with E-state index in [0.29, 0.717) is 10.6 Å². The number of halogens is 3. The van der Waals surface area contributed by atoms with Gasteiger partial charge in [0, 0.05) is 24.2 Å². The van der Waals surface area contributed by atoms with Crippen LogP contribution in [0.25, 0.3) is 11.1 Å². The highest BCUT2D eigenvalue weighted by molar-refractivity contribution is 5.99. The molecular formula is C19H17F3N2O2. The zero-order chi connectivity index (χ0) is 18.7. The fourth-order valence-electron chi connectivity index (χ4n) is 3.01. The van der Waals surface area contributed by atoms with Gasteiger partial charge in [-0.15, -0.1) is 0 Å². The molecular weight excluding hydrogens is 345 g/mol. The number of carbonyl (C=O) groups is 2. The summed E-state index contributed by atoms with van der Waals surface area (Å²) >= 11 is 0. The van der Waals surface area contributed by atoms with Crippen molar-refractivity contribution in [3.05, 3.63) is 54.6 Å². The van der Waals surface area contributed by atoms with Gasteiger partial charge in [0.25, 0.3) is 0 Å². The SMILES string of the molecule is O=C(Nc1ccccc1-c1ccccc1)[C@H]1CC(=O)N(CC(F)(F)F)C1. The zero-order valence-electron chi connectivity index (χ0n) is 13.8. The Morgan fingerprint density at radius 1 is 1.08 bits per heavy atom. The van der Waals surface area contributed by atoms with Crippen LogP contribution < -0.4 is 5.32 Å². The third kappa shape index (κ3) is 4.22. The number of carbonyl (C=O) groups excluding carboxylic acids is 2. The maximum atomic E-state index is 12.5. The lowest BCUT2D eigenvalue weighted by molar-refractivity contribution is -0.157. The van der Waals surface area contributed by atoms with Crippen LogP contribution in [-0.4, -0.2) is 36.0 Å². The zero-order valence-corrected chi connectivity index (χ0v) is 13.8. The molecule has 4 nitrogen and oxygen atoms in total. The van der Waals surface area contributed by atoms with Crippen molar-refractivity contribution in [3.8, 4) is 11.1 Å². The molecule has 1 aliphatic heterocycles. The van der Waals surface area contributed by atoms with Crippen LogP contribution >= 0.6 is 0 Å². The number of hydrogen-bond acceptors (Lipinski definition) is 2. The summed E-state index contributed by atoms with van der Waals surface area (Å²) in [5.41, 5.74) is 2.27. The lowest BCUT2D eigenvalue weighted by atomic mass is 10.0. The summed E-state index contributed by atoms with van der Waals surface area (Å²) in [4.78, 5) is 24.9. The summed E-state index contributed by atoms with van der Waals surface area (Å²) in [7, 11) is 0. The topological polar surface area (TPSA) is 49.4 Å². The quantitative estimate of drug-likeness (QED) is 0.902. The molecule has 0 spiro atoms. The highest BCUT2D eigenvalue weighted by Crippen LogP contribution is 2.29. The van der Waals surface area contributed by atoms with E-state index in [-0.39, 0.29) is 13.0 Å². The van der Waals surface area contributed by atoms with E-state index in [1.807, 2.05) is 42.5 Å². The van der Waals surface area contributed by atoms with E-state index in [4.69, 9.17) is 0 Å². The monoisotopic (exact) mass is 362 g/mol. The number of para-hydroxylation sites is 1. The minimum atomic E-state index is -4.47. The summed E-state index contributed by atoms with van der Waals surface area (Å²) in [6.07, 6.45) is -4.68. The maximum Gasteiger partial charge on any atom is 0.406 e. The standard InChI is InChI=1S/C19H17F3N2O2/c20-19(21,22)12-24-11-14(10-17(24)25)18(26)23-16-9-5-4-8-15(16)13-6-2-1-3-7-13/h1-9,14H,10-12H2,(H,23,26)/t14-/m0/s1. The Bertz CT molecular complexity index is 806. The number of alkyl halides is 3. The molecule has 1 N–H and O–H groups in total. The van der Waals surface area contributed by atoms with Crippen molar-refractivity contribution in [3.63, 3.8) is 0 Å². The first kappa shape index (κ1) is 18.0. The van der Waals surface area contributed by atoms with Crippen LogP contribution in [0, 0.1) is 5.92 Å². The summed E-state index contributed by atoms with van der Waals surface area (Å²) in [6, 6.07) is 16.6. The van der Waals surface area contributed by atoms with Gasteiger partial charge in [0.1, 0.15) is 6.54 Å². The molecule has 0 bridgehead atoms. The van der Waals surface area contributed by atoms with Crippen LogP contribution in [0.15, 0.2) is 54.6 Å². The first-order valence-corrected chi connectivity index (χ1v) is 8.13. The fraction of sp³-hybridized carbons (Fsp3) is 0.263. The van der Waals surface area contributed by atoms with E-state index in [1.165, 1.54) is 0 Å². The Morgan fingerprint density at radius 3 is 2.42 bits per heavy atom. The third-order valence-electron chi connectivity index (χ3n) is 4.23. The predicted molar refractivity (Wildman–Crippen MR) is 91.2 cm³/mol. The Kier molecular flexibility index (Phi) is 4.97. The molecule has 1 atom stereocenters. The average molecular weight is 362 g/mol. The van der Waals surface area contributed by atoms with Gasteiger partial charge < -0.3 is 10.2 Å². The van der Waals surface area contributed by atoms with E-state index in [1.54, 1.807) is 12.1 Å². The fourth-order valence-corrected chi connectivity index (χ4v) is 3.01. The van der Waals surface area contributed by atoms with E-state index >= 15 is 0 Å². The Hall–Kier alpha value is -2.83. The Balaban J connectivity index is 1.73. The first-order chi connectivity index (χ1) is 12.3. The number of nitrogens with one attached hydrogen (secondary N) is 1. The van der Waals surface area contributed by atoms with Crippen LogP contribution in [0.1, 0.15) is 6.42 Å². The molecule has 136 valence electrons. The van der Waals surface area contributed by atoms with E-state index in [2.05, 4.69) is 5.32 Å². The van der Waals surface area contributed by atoms with Crippen LogP contribution in [0.2, 0.25) is 0 Å². The van der Waals surface area contributed by atoms with Crippen molar-refractivity contribution in [1.29, 1.82) is 0 Å². The van der Waals surface area contributed by atoms with Crippen LogP contribution in [0.5, 0.6) is 0 Å². The number of anilines is 1. The van der Waals surface area contributed by atoms with Crippen LogP contribution in [-0.2, 0) is 9.59 Å². The smallest absolute Gasteiger partial charge is 0.333 e. The number of hydrogen-bond donors (Lipinski definition) is 1. The Labute approximate surface area is 148 Å². The highest BCUT2D eigenvalue weighted by atomic mass is 19.4. The van der Waals surface area contributed by atoms with E-state index in [0.717, 1.165) is 11.1 Å². The number of rotatable bonds is 4. The Morgan fingerprint density at radius 2 is 1.73 bits per heavy atom. The number of benzene rings is 2. The molecule has 3 rings (SSSR count). The van der Waals surface area contributed by atoms with Crippen molar-refractivity contribution < 1.29 is 22.8 Å². The van der Waals surface area contributed by atoms with Gasteiger partial charge in [-0.2, -0.15) is 13.2 Å². The minimum Gasteiger partial charge on any atom is -0.333 e. The highest BCUT2D eigenvalue weighted by Gasteiger charge is 2.40. The van der Waals surface area contributed by atoms with Gasteiger partial charge in [-0.3, -0.25) is 9.59 Å². The summed E-state index contributed by atoms with van der Waals surface area (Å²) in [5, 5.41) is 2.76. The molecule has 2 aromatic rings. The van der Waals surface area contributed by atoms with Crippen molar-refractivity contribution in [2.45, 2.75) is 12.6 Å². The minimum absolute atomic E-state index is 0.213. The van der Waals surface area contributed by atoms with Crippen LogP contribution in [0.4, 0.5) is 18.9 Å². The van der Waals surface area contributed by atoms with Gasteiger partial charge >= 0.3 is 6.18 Å². The molecule has 1 fully saturated rings. The second-order valence-electron chi connectivity index (χ2n) is 6.19. The van der Waals surface area contributed by atoms with Gasteiger partial charge in [0.2, 0.25) is 11.8 Å². The largest absolute Gasteiger partial charge is 0.406 e. The molecule has 1 saturated heterocycles. The molecule has 0 aliphatic carbocycles. The molecule has 0 radical (unpaired) electrons. The molecule has 0 saturated carbocycles. The molecule has 0 unspecified atom stereocenters. The summed E-state index contributed by atoms with van der Waals surface area (Å²) in [6.45, 7) is -1.55. The van der Waals surface area contributed by atoms with Crippen molar-refractivity contribution >= 4 is 17.5 Å². The number of likely N-dealkylation sites (tertiary alicyclic amines) is 1. The molecule has 1 aliphatic rings. The maximum absolute atomic E-state index is 12.5. The lowest BCUT2D eigenvalue weighted by Gasteiger charge is -2.18. The van der Waals surface area contributed by atoms with Crippen molar-refractivity contribution in [2.75, 3.05) is 18.4 Å². The first-order valence-electron chi connectivity index (χ1n) is 8.13. The second kappa shape index (κ2) is 7.19. The molecule has 2 amide bonds. The van der Waals surface area contributed by atoms with Gasteiger partial charge in [-0.1, -0.05) is 48.5 Å². The lowest BCUT2D eigenvalue weighted by Crippen LogP contribution is -2.36. The molecule has 2 aromatic carbocycles. The molecule has 0 aromatic heterocycles. The normalized spacial score (nSPS) is 17.4. The molecule has 1 heterocycles. The van der Waals surface area contributed by atoms with Gasteiger partial charge in [0.05, 0.1) is 5.92 Å². The summed E-state index contributed by atoms with van der Waals surface area (Å²) < 4.78 is 37.5. The third-order valence-corrected chi connectivity index (χ3v) is 4.23. The summed E-state index contributed by atoms with van der Waals surface area (Å²) in [5.74, 6) is -1.90. The predicted octanol–water partition coefficient (Wildman–Crippen LogP) is 3.70. The van der Waals surface area contributed by atoms with Crippen molar-refractivity contribution in [1.82, 2.24) is 4.90 Å². The molecule has 7 heteroatoms. The molecule has 26 heavy (non-hydrogen) atoms. The number of nitrogens with zero attached hydrogens (tertiary/aromatic N) is 1.